The maximum atomic E-state index is 12.0. The molecule has 6 nitrogen and oxygen atoms in total. The molecule has 0 unspecified atom stereocenters. The molecule has 0 spiro atoms. The number of hydrogen-bond donors (Lipinski definition) is 2. The molecule has 18 heavy (non-hydrogen) atoms. The highest BCUT2D eigenvalue weighted by Crippen LogP contribution is 2.27. The topological polar surface area (TPSA) is 78.4 Å². The van der Waals surface area contributed by atoms with E-state index in [-0.39, 0.29) is 18.7 Å². The molecule has 0 radical (unpaired) electrons. The van der Waals surface area contributed by atoms with Gasteiger partial charge in [0.25, 0.3) is 0 Å². The van der Waals surface area contributed by atoms with Crippen LogP contribution in [0, 0.1) is 0 Å². The Morgan fingerprint density at radius 2 is 2.17 bits per heavy atom. The fraction of sp³-hybridized carbons (Fsp3) is 0.583. The summed E-state index contributed by atoms with van der Waals surface area (Å²) >= 11 is 0. The summed E-state index contributed by atoms with van der Waals surface area (Å²) < 4.78 is 0. The molecule has 1 aromatic rings. The Morgan fingerprint density at radius 1 is 1.50 bits per heavy atom. The largest absolute Gasteiger partial charge is 0.395 e. The number of hydrogen-bond acceptors (Lipinski definition) is 4. The van der Waals surface area contributed by atoms with Gasteiger partial charge in [0.2, 0.25) is 0 Å². The van der Waals surface area contributed by atoms with Gasteiger partial charge in [-0.15, -0.1) is 0 Å². The summed E-state index contributed by atoms with van der Waals surface area (Å²) in [7, 11) is 0. The molecule has 0 aliphatic heterocycles. The maximum absolute atomic E-state index is 12.0. The first-order valence-corrected chi connectivity index (χ1v) is 6.24. The molecular weight excluding hydrogens is 232 g/mol. The minimum absolute atomic E-state index is 0.0187. The quantitative estimate of drug-likeness (QED) is 0.818. The van der Waals surface area contributed by atoms with Crippen LogP contribution >= 0.6 is 0 Å². The van der Waals surface area contributed by atoms with Crippen molar-refractivity contribution in [2.24, 2.45) is 0 Å². The van der Waals surface area contributed by atoms with Gasteiger partial charge in [-0.1, -0.05) is 6.92 Å². The number of nitrogens with one attached hydrogen (secondary N) is 1. The molecule has 98 valence electrons. The molecule has 2 rings (SSSR count). The highest BCUT2D eigenvalue weighted by atomic mass is 16.3. The molecule has 6 heteroatoms. The van der Waals surface area contributed by atoms with Crippen LogP contribution in [-0.2, 0) is 6.42 Å². The average Bonchev–Trinajstić information content (AvgIpc) is 3.21. The van der Waals surface area contributed by atoms with Gasteiger partial charge in [0.15, 0.2) is 0 Å². The first-order chi connectivity index (χ1) is 8.74. The Hall–Kier alpha value is -1.69. The lowest BCUT2D eigenvalue weighted by Gasteiger charge is -2.21. The minimum Gasteiger partial charge on any atom is -0.395 e. The Labute approximate surface area is 106 Å². The van der Waals surface area contributed by atoms with Crippen LogP contribution < -0.4 is 5.32 Å². The van der Waals surface area contributed by atoms with E-state index in [1.54, 1.807) is 17.3 Å². The number of aliphatic hydroxyl groups excluding tert-OH is 1. The SMILES string of the molecule is CCc1ncc(NC(=O)N(CCO)C2CC2)cn1. The monoisotopic (exact) mass is 250 g/mol. The molecule has 1 aromatic heterocycles. The summed E-state index contributed by atoms with van der Waals surface area (Å²) in [5.74, 6) is 0.752. The van der Waals surface area contributed by atoms with Crippen molar-refractivity contribution >= 4 is 11.7 Å². The van der Waals surface area contributed by atoms with E-state index in [1.165, 1.54) is 0 Å². The molecular formula is C12H18N4O2. The van der Waals surface area contributed by atoms with Crippen LogP contribution in [0.5, 0.6) is 0 Å². The molecule has 2 amide bonds. The predicted molar refractivity (Wildman–Crippen MR) is 67.2 cm³/mol. The second-order valence-electron chi connectivity index (χ2n) is 4.32. The van der Waals surface area contributed by atoms with Crippen LogP contribution in [-0.4, -0.2) is 45.2 Å². The number of aryl methyl sites for hydroxylation is 1. The second-order valence-corrected chi connectivity index (χ2v) is 4.32. The van der Waals surface area contributed by atoms with E-state index in [0.717, 1.165) is 25.1 Å². The highest BCUT2D eigenvalue weighted by molar-refractivity contribution is 5.89. The van der Waals surface area contributed by atoms with Crippen LogP contribution in [0.25, 0.3) is 0 Å². The predicted octanol–water partition coefficient (Wildman–Crippen LogP) is 1.03. The Balaban J connectivity index is 1.95. The van der Waals surface area contributed by atoms with Crippen LogP contribution in [0.4, 0.5) is 10.5 Å². The summed E-state index contributed by atoms with van der Waals surface area (Å²) in [4.78, 5) is 21.9. The lowest BCUT2D eigenvalue weighted by molar-refractivity contribution is 0.185. The number of urea groups is 1. The lowest BCUT2D eigenvalue weighted by Crippen LogP contribution is -2.38. The number of anilines is 1. The second kappa shape index (κ2) is 5.77. The van der Waals surface area contributed by atoms with E-state index in [2.05, 4.69) is 15.3 Å². The van der Waals surface area contributed by atoms with E-state index in [0.29, 0.717) is 12.2 Å². The van der Waals surface area contributed by atoms with Gasteiger partial charge in [-0.3, -0.25) is 0 Å². The Morgan fingerprint density at radius 3 is 2.67 bits per heavy atom. The Bertz CT molecular complexity index is 403. The van der Waals surface area contributed by atoms with E-state index < -0.39 is 0 Å². The van der Waals surface area contributed by atoms with Gasteiger partial charge in [-0.05, 0) is 12.8 Å². The van der Waals surface area contributed by atoms with E-state index in [4.69, 9.17) is 5.11 Å². The molecule has 2 N–H and O–H groups in total. The number of amides is 2. The smallest absolute Gasteiger partial charge is 0.322 e. The van der Waals surface area contributed by atoms with E-state index >= 15 is 0 Å². The standard InChI is InChI=1S/C12H18N4O2/c1-2-11-13-7-9(8-14-11)15-12(18)16(5-6-17)10-3-4-10/h7-8,10,17H,2-6H2,1H3,(H,15,18). The number of carbonyl (C=O) groups excluding carboxylic acids is 1. The van der Waals surface area contributed by atoms with Gasteiger partial charge < -0.3 is 15.3 Å². The molecule has 1 fully saturated rings. The van der Waals surface area contributed by atoms with Gasteiger partial charge in [0, 0.05) is 19.0 Å². The summed E-state index contributed by atoms with van der Waals surface area (Å²) in [5, 5.41) is 11.7. The van der Waals surface area contributed by atoms with Gasteiger partial charge in [0.1, 0.15) is 5.82 Å². The van der Waals surface area contributed by atoms with Crippen molar-refractivity contribution in [3.63, 3.8) is 0 Å². The number of carbonyl (C=O) groups is 1. The van der Waals surface area contributed by atoms with Crippen LogP contribution in [0.1, 0.15) is 25.6 Å². The molecule has 1 aliphatic carbocycles. The van der Waals surface area contributed by atoms with E-state index in [1.807, 2.05) is 6.92 Å². The fourth-order valence-electron chi connectivity index (χ4n) is 1.74. The molecule has 1 aliphatic rings. The minimum atomic E-state index is -0.195. The van der Waals surface area contributed by atoms with Crippen molar-refractivity contribution in [2.75, 3.05) is 18.5 Å². The molecule has 0 saturated heterocycles. The summed E-state index contributed by atoms with van der Waals surface area (Å²) in [5.41, 5.74) is 0.584. The molecule has 0 aromatic carbocycles. The third kappa shape index (κ3) is 3.16. The summed E-state index contributed by atoms with van der Waals surface area (Å²) in [6.07, 6.45) is 6.01. The zero-order valence-corrected chi connectivity index (χ0v) is 10.5. The van der Waals surface area contributed by atoms with Crippen molar-refractivity contribution in [2.45, 2.75) is 32.2 Å². The van der Waals surface area contributed by atoms with Crippen molar-refractivity contribution in [1.29, 1.82) is 0 Å². The summed E-state index contributed by atoms with van der Waals surface area (Å²) in [6, 6.07) is 0.0763. The van der Waals surface area contributed by atoms with Gasteiger partial charge >= 0.3 is 6.03 Å². The first kappa shape index (κ1) is 12.8. The van der Waals surface area contributed by atoms with Crippen molar-refractivity contribution < 1.29 is 9.90 Å². The van der Waals surface area contributed by atoms with Gasteiger partial charge in [-0.25, -0.2) is 14.8 Å². The van der Waals surface area contributed by atoms with Crippen LogP contribution in [0.2, 0.25) is 0 Å². The maximum Gasteiger partial charge on any atom is 0.322 e. The normalized spacial score (nSPS) is 14.3. The molecule has 1 heterocycles. The highest BCUT2D eigenvalue weighted by Gasteiger charge is 2.32. The van der Waals surface area contributed by atoms with Gasteiger partial charge in [0.05, 0.1) is 24.7 Å². The molecule has 0 bridgehead atoms. The van der Waals surface area contributed by atoms with Crippen molar-refractivity contribution in [3.8, 4) is 0 Å². The van der Waals surface area contributed by atoms with Crippen LogP contribution in [0.3, 0.4) is 0 Å². The van der Waals surface area contributed by atoms with Crippen LogP contribution in [0.15, 0.2) is 12.4 Å². The third-order valence-electron chi connectivity index (χ3n) is 2.86. The van der Waals surface area contributed by atoms with Crippen molar-refractivity contribution in [1.82, 2.24) is 14.9 Å². The first-order valence-electron chi connectivity index (χ1n) is 6.24. The zero-order valence-electron chi connectivity index (χ0n) is 10.5. The van der Waals surface area contributed by atoms with Gasteiger partial charge in [-0.2, -0.15) is 0 Å². The average molecular weight is 250 g/mol. The molecule has 0 atom stereocenters. The Kier molecular flexibility index (Phi) is 4.09. The summed E-state index contributed by atoms with van der Waals surface area (Å²) in [6.45, 7) is 2.32. The number of aromatic nitrogens is 2. The number of nitrogens with zero attached hydrogens (tertiary/aromatic N) is 3. The number of rotatable bonds is 5. The third-order valence-corrected chi connectivity index (χ3v) is 2.86. The zero-order chi connectivity index (χ0) is 13.0. The molecule has 1 saturated carbocycles. The fourth-order valence-corrected chi connectivity index (χ4v) is 1.74. The lowest BCUT2D eigenvalue weighted by atomic mass is 10.4. The van der Waals surface area contributed by atoms with E-state index in [9.17, 15) is 4.79 Å². The van der Waals surface area contributed by atoms with Crippen molar-refractivity contribution in [3.05, 3.63) is 18.2 Å². The number of aliphatic hydroxyl groups is 1.